The minimum absolute atomic E-state index is 0.408. The van der Waals surface area contributed by atoms with Gasteiger partial charge in [-0.05, 0) is 38.7 Å². The first-order valence-corrected chi connectivity index (χ1v) is 4.34. The van der Waals surface area contributed by atoms with E-state index in [0.717, 1.165) is 6.54 Å². The predicted octanol–water partition coefficient (Wildman–Crippen LogP) is -0.0862. The number of nitrogens with two attached hydrogens (primary N) is 1. The third kappa shape index (κ3) is 2.63. The molecule has 0 radical (unpaired) electrons. The first kappa shape index (κ1) is 8.74. The van der Waals surface area contributed by atoms with E-state index >= 15 is 0 Å². The maximum absolute atomic E-state index is 5.32. The van der Waals surface area contributed by atoms with Gasteiger partial charge in [-0.25, -0.2) is 0 Å². The second kappa shape index (κ2) is 3.88. The quantitative estimate of drug-likeness (QED) is 0.573. The zero-order chi connectivity index (χ0) is 8.27. The lowest BCUT2D eigenvalue weighted by Crippen LogP contribution is -2.40. The van der Waals surface area contributed by atoms with Gasteiger partial charge in [0, 0.05) is 12.6 Å². The van der Waals surface area contributed by atoms with Crippen molar-refractivity contribution in [2.24, 2.45) is 5.73 Å². The number of rotatable bonds is 2. The number of likely N-dealkylation sites (tertiary alicyclic amines) is 1. The lowest BCUT2D eigenvalue weighted by Gasteiger charge is -2.19. The van der Waals surface area contributed by atoms with E-state index in [1.165, 1.54) is 19.4 Å². The number of thiocarbonyl (C=S) groups is 1. The predicted molar refractivity (Wildman–Crippen MR) is 50.4 cm³/mol. The molecule has 0 aliphatic carbocycles. The fourth-order valence-electron chi connectivity index (χ4n) is 1.46. The Bertz CT molecular complexity index is 149. The highest BCUT2D eigenvalue weighted by Gasteiger charge is 2.19. The Kier molecular flexibility index (Phi) is 3.08. The van der Waals surface area contributed by atoms with Gasteiger partial charge in [-0.3, -0.25) is 0 Å². The van der Waals surface area contributed by atoms with Crippen molar-refractivity contribution in [3.8, 4) is 0 Å². The number of hydrogen-bond donors (Lipinski definition) is 2. The van der Waals surface area contributed by atoms with E-state index in [1.807, 2.05) is 0 Å². The average molecular weight is 173 g/mol. The summed E-state index contributed by atoms with van der Waals surface area (Å²) >= 11 is 4.72. The van der Waals surface area contributed by atoms with E-state index < -0.39 is 0 Å². The van der Waals surface area contributed by atoms with Crippen LogP contribution in [0, 0.1) is 0 Å². The van der Waals surface area contributed by atoms with E-state index in [4.69, 9.17) is 18.0 Å². The summed E-state index contributed by atoms with van der Waals surface area (Å²) in [7, 11) is 2.14. The molecule has 1 saturated heterocycles. The van der Waals surface area contributed by atoms with Crippen LogP contribution in [-0.4, -0.2) is 36.2 Å². The number of nitrogens with one attached hydrogen (secondary N) is 1. The highest BCUT2D eigenvalue weighted by atomic mass is 32.1. The third-order valence-electron chi connectivity index (χ3n) is 2.18. The summed E-state index contributed by atoms with van der Waals surface area (Å²) < 4.78 is 0. The molecule has 1 aliphatic heterocycles. The van der Waals surface area contributed by atoms with Gasteiger partial charge < -0.3 is 16.0 Å². The molecule has 0 spiro atoms. The van der Waals surface area contributed by atoms with Crippen molar-refractivity contribution in [1.82, 2.24) is 10.2 Å². The molecule has 0 aromatic heterocycles. The average Bonchev–Trinajstić information content (AvgIpc) is 2.31. The third-order valence-corrected chi connectivity index (χ3v) is 2.33. The van der Waals surface area contributed by atoms with Gasteiger partial charge in [0.25, 0.3) is 0 Å². The van der Waals surface area contributed by atoms with E-state index in [0.29, 0.717) is 11.2 Å². The highest BCUT2D eigenvalue weighted by molar-refractivity contribution is 7.80. The van der Waals surface area contributed by atoms with E-state index in [2.05, 4.69) is 17.3 Å². The molecule has 1 heterocycles. The topological polar surface area (TPSA) is 41.3 Å². The van der Waals surface area contributed by atoms with Crippen LogP contribution < -0.4 is 11.1 Å². The Labute approximate surface area is 72.9 Å². The second-order valence-electron chi connectivity index (χ2n) is 3.02. The highest BCUT2D eigenvalue weighted by Crippen LogP contribution is 2.13. The van der Waals surface area contributed by atoms with Crippen molar-refractivity contribution in [2.45, 2.75) is 18.9 Å². The number of nitrogens with zero attached hydrogens (tertiary/aromatic N) is 1. The van der Waals surface area contributed by atoms with Crippen LogP contribution in [0.1, 0.15) is 12.8 Å². The zero-order valence-corrected chi connectivity index (χ0v) is 7.66. The normalized spacial score (nSPS) is 25.4. The van der Waals surface area contributed by atoms with Crippen molar-refractivity contribution in [3.05, 3.63) is 0 Å². The van der Waals surface area contributed by atoms with Gasteiger partial charge in [0.15, 0.2) is 5.11 Å². The van der Waals surface area contributed by atoms with Gasteiger partial charge >= 0.3 is 0 Å². The Morgan fingerprint density at radius 2 is 2.55 bits per heavy atom. The van der Waals surface area contributed by atoms with Crippen LogP contribution in [0.5, 0.6) is 0 Å². The van der Waals surface area contributed by atoms with Crippen molar-refractivity contribution in [1.29, 1.82) is 0 Å². The lowest BCUT2D eigenvalue weighted by atomic mass is 10.2. The molecule has 3 N–H and O–H groups in total. The summed E-state index contributed by atoms with van der Waals surface area (Å²) in [5, 5.41) is 3.39. The van der Waals surface area contributed by atoms with E-state index in [1.54, 1.807) is 0 Å². The minimum Gasteiger partial charge on any atom is -0.376 e. The molecule has 64 valence electrons. The molecule has 1 atom stereocenters. The van der Waals surface area contributed by atoms with Gasteiger partial charge in [0.05, 0.1) is 0 Å². The van der Waals surface area contributed by atoms with Crippen LogP contribution >= 0.6 is 12.2 Å². The molecule has 3 nitrogen and oxygen atoms in total. The van der Waals surface area contributed by atoms with E-state index in [-0.39, 0.29) is 0 Å². The molecular formula is C7H15N3S. The summed E-state index contributed by atoms with van der Waals surface area (Å²) in [6, 6.07) is 0.622. The standard InChI is InChI=1S/C7H15N3S/c1-10-4-2-3-6(10)5-9-7(8)11/h6H,2-5H2,1H3,(H3,8,9,11). The van der Waals surface area contributed by atoms with Crippen molar-refractivity contribution < 1.29 is 0 Å². The first-order chi connectivity index (χ1) is 5.20. The molecule has 0 amide bonds. The van der Waals surface area contributed by atoms with Gasteiger partial charge in [-0.15, -0.1) is 0 Å². The Balaban J connectivity index is 2.20. The Morgan fingerprint density at radius 3 is 3.00 bits per heavy atom. The van der Waals surface area contributed by atoms with Crippen LogP contribution in [-0.2, 0) is 0 Å². The van der Waals surface area contributed by atoms with Crippen LogP contribution in [0.3, 0.4) is 0 Å². The van der Waals surface area contributed by atoms with Gasteiger partial charge in [-0.2, -0.15) is 0 Å². The minimum atomic E-state index is 0.408. The van der Waals surface area contributed by atoms with Gasteiger partial charge in [0.2, 0.25) is 0 Å². The fraction of sp³-hybridized carbons (Fsp3) is 0.857. The number of hydrogen-bond acceptors (Lipinski definition) is 2. The summed E-state index contributed by atoms with van der Waals surface area (Å²) in [6.07, 6.45) is 2.55. The maximum Gasteiger partial charge on any atom is 0.163 e. The Hall–Kier alpha value is -0.350. The van der Waals surface area contributed by atoms with Gasteiger partial charge in [0.1, 0.15) is 0 Å². The molecular weight excluding hydrogens is 158 g/mol. The first-order valence-electron chi connectivity index (χ1n) is 3.93. The molecule has 4 heteroatoms. The molecule has 0 aromatic rings. The summed E-state index contributed by atoms with van der Waals surface area (Å²) in [4.78, 5) is 2.34. The largest absolute Gasteiger partial charge is 0.376 e. The summed E-state index contributed by atoms with van der Waals surface area (Å²) in [5.41, 5.74) is 5.32. The van der Waals surface area contributed by atoms with Crippen molar-refractivity contribution in [2.75, 3.05) is 20.1 Å². The molecule has 1 unspecified atom stereocenters. The second-order valence-corrected chi connectivity index (χ2v) is 3.46. The molecule has 11 heavy (non-hydrogen) atoms. The molecule has 0 aromatic carbocycles. The maximum atomic E-state index is 5.32. The molecule has 1 rings (SSSR count). The molecule has 1 fully saturated rings. The molecule has 0 bridgehead atoms. The van der Waals surface area contributed by atoms with E-state index in [9.17, 15) is 0 Å². The van der Waals surface area contributed by atoms with Crippen LogP contribution in [0.2, 0.25) is 0 Å². The molecule has 0 saturated carbocycles. The van der Waals surface area contributed by atoms with Crippen LogP contribution in [0.25, 0.3) is 0 Å². The Morgan fingerprint density at radius 1 is 1.82 bits per heavy atom. The molecule has 1 aliphatic rings. The van der Waals surface area contributed by atoms with Gasteiger partial charge in [-0.1, -0.05) is 0 Å². The fourth-order valence-corrected chi connectivity index (χ4v) is 1.54. The van der Waals surface area contributed by atoms with Crippen molar-refractivity contribution in [3.63, 3.8) is 0 Å². The van der Waals surface area contributed by atoms with Crippen molar-refractivity contribution >= 4 is 17.3 Å². The smallest absolute Gasteiger partial charge is 0.163 e. The van der Waals surface area contributed by atoms with Crippen LogP contribution in [0.4, 0.5) is 0 Å². The summed E-state index contributed by atoms with van der Waals surface area (Å²) in [6.45, 7) is 2.09. The number of likely N-dealkylation sites (N-methyl/N-ethyl adjacent to an activating group) is 1. The SMILES string of the molecule is CN1CCCC1CNC(N)=S. The lowest BCUT2D eigenvalue weighted by molar-refractivity contribution is 0.310. The monoisotopic (exact) mass is 173 g/mol. The summed E-state index contributed by atoms with van der Waals surface area (Å²) in [5.74, 6) is 0. The zero-order valence-electron chi connectivity index (χ0n) is 6.84. The van der Waals surface area contributed by atoms with Crippen LogP contribution in [0.15, 0.2) is 0 Å².